The molecule has 1 aliphatic heterocycles. The third-order valence-corrected chi connectivity index (χ3v) is 0.647. The van der Waals surface area contributed by atoms with Crippen molar-refractivity contribution in [3.05, 3.63) is 18.4 Å². The van der Waals surface area contributed by atoms with E-state index in [4.69, 9.17) is 0 Å². The molecule has 0 saturated heterocycles. The van der Waals surface area contributed by atoms with E-state index in [9.17, 15) is 0 Å². The van der Waals surface area contributed by atoms with Gasteiger partial charge in [0.05, 0.1) is 0 Å². The van der Waals surface area contributed by atoms with Gasteiger partial charge in [0.25, 0.3) is 0 Å². The van der Waals surface area contributed by atoms with Crippen molar-refractivity contribution in [3.8, 4) is 0 Å². The lowest BCUT2D eigenvalue weighted by Crippen LogP contribution is -1.85. The Morgan fingerprint density at radius 3 is 2.50 bits per heavy atom. The number of hydrogen-bond donors (Lipinski definition) is 0. The Hall–Kier alpha value is -1.28. The molecule has 8 heavy (non-hydrogen) atoms. The van der Waals surface area contributed by atoms with E-state index in [-0.39, 0.29) is 6.17 Å². The first-order valence-electron chi connectivity index (χ1n) is 2.09. The van der Waals surface area contributed by atoms with Crippen molar-refractivity contribution in [3.63, 3.8) is 0 Å². The second-order valence-electron chi connectivity index (χ2n) is 1.19. The zero-order valence-corrected chi connectivity index (χ0v) is 4.15. The van der Waals surface area contributed by atoms with Crippen LogP contribution in [0.4, 0.5) is 0 Å². The number of hydrogen-bond acceptors (Lipinski definition) is 4. The van der Waals surface area contributed by atoms with Crippen LogP contribution in [0.1, 0.15) is 0 Å². The van der Waals surface area contributed by atoms with Crippen molar-refractivity contribution in [1.29, 1.82) is 0 Å². The van der Waals surface area contributed by atoms with E-state index >= 15 is 0 Å². The smallest absolute Gasteiger partial charge is 0.133 e. The maximum atomic E-state index is 3.56. The lowest BCUT2D eigenvalue weighted by Gasteiger charge is -1.81. The van der Waals surface area contributed by atoms with Crippen LogP contribution >= 0.6 is 0 Å². The quantitative estimate of drug-likeness (QED) is 0.457. The minimum Gasteiger partial charge on any atom is -0.133 e. The molecule has 40 valence electrons. The molecule has 1 aliphatic rings. The summed E-state index contributed by atoms with van der Waals surface area (Å²) in [5.74, 6) is 0. The molecular weight excluding hydrogens is 104 g/mol. The highest BCUT2D eigenvalue weighted by Gasteiger charge is 2.00. The van der Waals surface area contributed by atoms with E-state index in [1.807, 2.05) is 0 Å². The minimum absolute atomic E-state index is 0.271. The number of nitrogens with zero attached hydrogens (tertiary/aromatic N) is 4. The summed E-state index contributed by atoms with van der Waals surface area (Å²) in [7, 11) is 0. The van der Waals surface area contributed by atoms with Gasteiger partial charge >= 0.3 is 0 Å². The van der Waals surface area contributed by atoms with Crippen molar-refractivity contribution < 1.29 is 0 Å². The maximum Gasteiger partial charge on any atom is 0.210 e. The summed E-state index contributed by atoms with van der Waals surface area (Å²) in [5, 5.41) is 13.7. The average molecular weight is 108 g/mol. The molecule has 4 nitrogen and oxygen atoms in total. The molecule has 0 fully saturated rings. The zero-order valence-electron chi connectivity index (χ0n) is 4.15. The van der Waals surface area contributed by atoms with Crippen molar-refractivity contribution in [1.82, 2.24) is 0 Å². The Kier molecular flexibility index (Phi) is 1.30. The minimum atomic E-state index is -0.271. The van der Waals surface area contributed by atoms with Crippen molar-refractivity contribution in [2.24, 2.45) is 20.7 Å². The molecule has 0 aromatic heterocycles. The SMILES string of the molecule is C=C=CC1N=NN=N1. The Balaban J connectivity index is 2.62. The molecule has 0 amide bonds. The van der Waals surface area contributed by atoms with Gasteiger partial charge in [-0.2, -0.15) is 0 Å². The molecule has 0 aliphatic carbocycles. The monoisotopic (exact) mass is 108 g/mol. The van der Waals surface area contributed by atoms with E-state index < -0.39 is 0 Å². The van der Waals surface area contributed by atoms with Crippen LogP contribution in [0.25, 0.3) is 0 Å². The molecule has 1 heterocycles. The van der Waals surface area contributed by atoms with Gasteiger partial charge in [0.1, 0.15) is 0 Å². The number of rotatable bonds is 1. The fourth-order valence-corrected chi connectivity index (χ4v) is 0.347. The van der Waals surface area contributed by atoms with Gasteiger partial charge in [0.15, 0.2) is 0 Å². The topological polar surface area (TPSA) is 49.4 Å². The van der Waals surface area contributed by atoms with Gasteiger partial charge < -0.3 is 0 Å². The van der Waals surface area contributed by atoms with Gasteiger partial charge in [-0.05, 0) is 10.4 Å². The average Bonchev–Trinajstić information content (AvgIpc) is 2.19. The Labute approximate surface area is 46.3 Å². The summed E-state index contributed by atoms with van der Waals surface area (Å²) in [5.41, 5.74) is 2.53. The van der Waals surface area contributed by atoms with Crippen LogP contribution in [0.3, 0.4) is 0 Å². The highest BCUT2D eigenvalue weighted by atomic mass is 15.6. The molecule has 0 N–H and O–H groups in total. The predicted molar refractivity (Wildman–Crippen MR) is 27.2 cm³/mol. The third kappa shape index (κ3) is 0.859. The van der Waals surface area contributed by atoms with Crippen molar-refractivity contribution in [2.45, 2.75) is 6.17 Å². The Bertz CT molecular complexity index is 162. The molecule has 0 radical (unpaired) electrons. The van der Waals surface area contributed by atoms with E-state index in [1.54, 1.807) is 6.08 Å². The summed E-state index contributed by atoms with van der Waals surface area (Å²) in [6.45, 7) is 3.34. The molecule has 0 aromatic carbocycles. The molecule has 0 atom stereocenters. The highest BCUT2D eigenvalue weighted by molar-refractivity contribution is 4.87. The molecule has 0 aromatic rings. The summed E-state index contributed by atoms with van der Waals surface area (Å²) in [6, 6.07) is 0. The van der Waals surface area contributed by atoms with Crippen LogP contribution in [0.2, 0.25) is 0 Å². The van der Waals surface area contributed by atoms with E-state index in [0.717, 1.165) is 0 Å². The zero-order chi connectivity index (χ0) is 5.82. The fourth-order valence-electron chi connectivity index (χ4n) is 0.347. The second-order valence-corrected chi connectivity index (χ2v) is 1.19. The van der Waals surface area contributed by atoms with Crippen LogP contribution < -0.4 is 0 Å². The summed E-state index contributed by atoms with van der Waals surface area (Å²) < 4.78 is 0. The fraction of sp³-hybridized carbons (Fsp3) is 0.250. The van der Waals surface area contributed by atoms with Gasteiger partial charge in [0.2, 0.25) is 6.17 Å². The van der Waals surface area contributed by atoms with Gasteiger partial charge in [-0.3, -0.25) is 0 Å². The van der Waals surface area contributed by atoms with Crippen LogP contribution in [0, 0.1) is 0 Å². The normalized spacial score (nSPS) is 16.5. The van der Waals surface area contributed by atoms with Crippen LogP contribution in [-0.2, 0) is 0 Å². The lowest BCUT2D eigenvalue weighted by molar-refractivity contribution is 0.864. The van der Waals surface area contributed by atoms with Gasteiger partial charge in [-0.1, -0.05) is 6.58 Å². The molecular formula is C4H4N4. The van der Waals surface area contributed by atoms with Crippen molar-refractivity contribution >= 4 is 0 Å². The lowest BCUT2D eigenvalue weighted by atomic mass is 10.5. The van der Waals surface area contributed by atoms with Crippen LogP contribution in [0.5, 0.6) is 0 Å². The first-order valence-corrected chi connectivity index (χ1v) is 2.09. The molecule has 1 rings (SSSR count). The summed E-state index contributed by atoms with van der Waals surface area (Å²) in [6.07, 6.45) is 1.31. The maximum absolute atomic E-state index is 3.56. The van der Waals surface area contributed by atoms with Gasteiger partial charge in [-0.25, -0.2) is 0 Å². The van der Waals surface area contributed by atoms with E-state index in [1.165, 1.54) is 0 Å². The van der Waals surface area contributed by atoms with Gasteiger partial charge in [-0.15, -0.1) is 16.0 Å². The molecule has 0 spiro atoms. The van der Waals surface area contributed by atoms with Crippen molar-refractivity contribution in [2.75, 3.05) is 0 Å². The van der Waals surface area contributed by atoms with E-state index in [0.29, 0.717) is 0 Å². The third-order valence-electron chi connectivity index (χ3n) is 0.647. The molecule has 4 heteroatoms. The Morgan fingerprint density at radius 2 is 2.00 bits per heavy atom. The second kappa shape index (κ2) is 2.14. The Morgan fingerprint density at radius 1 is 1.38 bits per heavy atom. The highest BCUT2D eigenvalue weighted by Crippen LogP contribution is 2.03. The molecule has 0 bridgehead atoms. The first-order chi connectivity index (χ1) is 3.93. The van der Waals surface area contributed by atoms with Crippen LogP contribution in [0.15, 0.2) is 39.1 Å². The first kappa shape index (κ1) is 4.87. The predicted octanol–water partition coefficient (Wildman–Crippen LogP) is 1.49. The summed E-state index contributed by atoms with van der Waals surface area (Å²) >= 11 is 0. The molecule has 0 saturated carbocycles. The standard InChI is InChI=1S/C4H4N4/c1-2-3-4-5-7-8-6-4/h3-4H,1H2. The molecule has 0 unspecified atom stereocenters. The summed E-state index contributed by atoms with van der Waals surface area (Å²) in [4.78, 5) is 0. The van der Waals surface area contributed by atoms with E-state index in [2.05, 4.69) is 33.0 Å². The van der Waals surface area contributed by atoms with Crippen LogP contribution in [-0.4, -0.2) is 6.17 Å². The van der Waals surface area contributed by atoms with Gasteiger partial charge in [0, 0.05) is 6.08 Å². The largest absolute Gasteiger partial charge is 0.210 e.